The van der Waals surface area contributed by atoms with E-state index in [0.29, 0.717) is 19.7 Å². The Morgan fingerprint density at radius 2 is 2.42 bits per heavy atom. The molecule has 0 aromatic carbocycles. The van der Waals surface area contributed by atoms with Crippen LogP contribution >= 0.6 is 0 Å². The van der Waals surface area contributed by atoms with E-state index < -0.39 is 0 Å². The molecule has 0 saturated carbocycles. The van der Waals surface area contributed by atoms with Crippen LogP contribution in [0.25, 0.3) is 0 Å². The third-order valence-electron chi connectivity index (χ3n) is 3.53. The number of aromatic nitrogens is 1. The first-order valence-electron chi connectivity index (χ1n) is 6.90. The summed E-state index contributed by atoms with van der Waals surface area (Å²) in [7, 11) is 1.66. The quantitative estimate of drug-likeness (QED) is 0.753. The fourth-order valence-corrected chi connectivity index (χ4v) is 2.54. The second-order valence-corrected chi connectivity index (χ2v) is 5.11. The number of methoxy groups -OCH3 is 1. The molecule has 0 spiro atoms. The van der Waals surface area contributed by atoms with E-state index in [9.17, 15) is 4.79 Å². The molecule has 1 unspecified atom stereocenters. The average Bonchev–Trinajstić information content (AvgIpc) is 2.79. The van der Waals surface area contributed by atoms with Crippen molar-refractivity contribution < 1.29 is 9.53 Å². The second kappa shape index (κ2) is 6.73. The van der Waals surface area contributed by atoms with Gasteiger partial charge in [0.05, 0.1) is 0 Å². The summed E-state index contributed by atoms with van der Waals surface area (Å²) in [4.78, 5) is 11.8. The lowest BCUT2D eigenvalue weighted by Crippen LogP contribution is -2.28. The van der Waals surface area contributed by atoms with Crippen molar-refractivity contribution in [3.63, 3.8) is 0 Å². The Kier molecular flexibility index (Phi) is 4.99. The van der Waals surface area contributed by atoms with Crippen molar-refractivity contribution in [1.29, 1.82) is 0 Å². The first-order chi connectivity index (χ1) is 9.20. The molecule has 1 amide bonds. The Hall–Kier alpha value is -1.33. The van der Waals surface area contributed by atoms with Gasteiger partial charge in [0.25, 0.3) is 0 Å². The van der Waals surface area contributed by atoms with Gasteiger partial charge in [-0.25, -0.2) is 0 Å². The van der Waals surface area contributed by atoms with Gasteiger partial charge in [0.15, 0.2) is 0 Å². The molecule has 1 heterocycles. The molecule has 0 aliphatic heterocycles. The highest BCUT2D eigenvalue weighted by Gasteiger charge is 2.19. The topological polar surface area (TPSA) is 69.3 Å². The lowest BCUT2D eigenvalue weighted by molar-refractivity contribution is -0.121. The van der Waals surface area contributed by atoms with Gasteiger partial charge in [0.1, 0.15) is 6.54 Å². The highest BCUT2D eigenvalue weighted by atomic mass is 16.5. The fraction of sp³-hybridized carbons (Fsp3) is 0.643. The molecular weight excluding hydrogens is 242 g/mol. The van der Waals surface area contributed by atoms with Crippen LogP contribution in [0.15, 0.2) is 12.4 Å². The lowest BCUT2D eigenvalue weighted by Gasteiger charge is -2.17. The zero-order valence-corrected chi connectivity index (χ0v) is 11.5. The highest BCUT2D eigenvalue weighted by molar-refractivity contribution is 5.75. The van der Waals surface area contributed by atoms with Crippen LogP contribution in [0.5, 0.6) is 0 Å². The van der Waals surface area contributed by atoms with E-state index in [0.717, 1.165) is 25.7 Å². The van der Waals surface area contributed by atoms with E-state index in [-0.39, 0.29) is 11.9 Å². The predicted molar refractivity (Wildman–Crippen MR) is 73.8 cm³/mol. The minimum absolute atomic E-state index is 0.0389. The lowest BCUT2D eigenvalue weighted by atomic mass is 9.92. The molecule has 0 saturated heterocycles. The number of aryl methyl sites for hydroxylation is 1. The maximum absolute atomic E-state index is 11.8. The summed E-state index contributed by atoms with van der Waals surface area (Å²) < 4.78 is 6.88. The molecule has 3 N–H and O–H groups in total. The van der Waals surface area contributed by atoms with E-state index in [1.165, 1.54) is 11.1 Å². The molecule has 0 fully saturated rings. The third kappa shape index (κ3) is 3.81. The van der Waals surface area contributed by atoms with Crippen molar-refractivity contribution >= 4 is 5.91 Å². The Morgan fingerprint density at radius 1 is 1.58 bits per heavy atom. The molecule has 0 bridgehead atoms. The molecule has 2 rings (SSSR count). The van der Waals surface area contributed by atoms with Crippen LogP contribution in [0.3, 0.4) is 0 Å². The molecule has 1 aliphatic carbocycles. The number of carbonyl (C=O) groups is 1. The summed E-state index contributed by atoms with van der Waals surface area (Å²) in [6, 6.07) is 0.134. The predicted octanol–water partition coefficient (Wildman–Crippen LogP) is 0.977. The number of nitrogens with zero attached hydrogens (tertiary/aromatic N) is 1. The largest absolute Gasteiger partial charge is 0.385 e. The van der Waals surface area contributed by atoms with E-state index in [1.54, 1.807) is 7.11 Å². The zero-order chi connectivity index (χ0) is 13.7. The van der Waals surface area contributed by atoms with Gasteiger partial charge in [-0.05, 0) is 36.8 Å². The molecular formula is C14H23N3O2. The Bertz CT molecular complexity index is 428. The van der Waals surface area contributed by atoms with Crippen molar-refractivity contribution in [1.82, 2.24) is 9.88 Å². The van der Waals surface area contributed by atoms with E-state index >= 15 is 0 Å². The smallest absolute Gasteiger partial charge is 0.239 e. The number of nitrogens with two attached hydrogens (primary N) is 1. The van der Waals surface area contributed by atoms with Gasteiger partial charge in [-0.3, -0.25) is 4.79 Å². The number of rotatable bonds is 6. The summed E-state index contributed by atoms with van der Waals surface area (Å²) in [5, 5.41) is 2.89. The maximum atomic E-state index is 11.8. The van der Waals surface area contributed by atoms with Gasteiger partial charge < -0.3 is 20.4 Å². The monoisotopic (exact) mass is 265 g/mol. The van der Waals surface area contributed by atoms with Gasteiger partial charge in [-0.15, -0.1) is 0 Å². The molecule has 1 aromatic rings. The molecule has 0 radical (unpaired) electrons. The fourth-order valence-electron chi connectivity index (χ4n) is 2.54. The van der Waals surface area contributed by atoms with E-state index in [1.807, 2.05) is 10.8 Å². The number of hydrogen-bond donors (Lipinski definition) is 2. The summed E-state index contributed by atoms with van der Waals surface area (Å²) in [5.41, 5.74) is 8.58. The van der Waals surface area contributed by atoms with Gasteiger partial charge in [0.2, 0.25) is 5.91 Å². The number of ether oxygens (including phenoxy) is 1. The van der Waals surface area contributed by atoms with Crippen molar-refractivity contribution in [2.75, 3.05) is 20.3 Å². The zero-order valence-electron chi connectivity index (χ0n) is 11.5. The summed E-state index contributed by atoms with van der Waals surface area (Å²) in [6.07, 6.45) is 8.18. The highest BCUT2D eigenvalue weighted by Crippen LogP contribution is 2.28. The number of amides is 1. The third-order valence-corrected chi connectivity index (χ3v) is 3.53. The molecule has 19 heavy (non-hydrogen) atoms. The number of hydrogen-bond acceptors (Lipinski definition) is 3. The first kappa shape index (κ1) is 14.1. The molecule has 1 aromatic heterocycles. The normalized spacial score (nSPS) is 18.1. The van der Waals surface area contributed by atoms with Crippen LogP contribution in [0, 0.1) is 0 Å². The molecule has 1 aliphatic rings. The van der Waals surface area contributed by atoms with Crippen LogP contribution in [0.4, 0.5) is 0 Å². The standard InChI is InChI=1S/C14H23N3O2/c1-19-7-3-6-16-14(18)10-17-8-11-4-2-5-13(15)12(11)9-17/h8-9,13H,2-7,10,15H2,1H3,(H,16,18). The molecule has 106 valence electrons. The Morgan fingerprint density at radius 3 is 3.16 bits per heavy atom. The Labute approximate surface area is 114 Å². The minimum atomic E-state index is 0.0389. The van der Waals surface area contributed by atoms with Crippen LogP contribution < -0.4 is 11.1 Å². The number of carbonyl (C=O) groups excluding carboxylic acids is 1. The van der Waals surface area contributed by atoms with Crippen molar-refractivity contribution in [2.24, 2.45) is 5.73 Å². The Balaban J connectivity index is 1.84. The molecule has 5 nitrogen and oxygen atoms in total. The number of fused-ring (bicyclic) bond motifs is 1. The average molecular weight is 265 g/mol. The second-order valence-electron chi connectivity index (χ2n) is 5.11. The molecule has 5 heteroatoms. The summed E-state index contributed by atoms with van der Waals surface area (Å²) in [6.45, 7) is 1.70. The van der Waals surface area contributed by atoms with Gasteiger partial charge in [-0.1, -0.05) is 0 Å². The number of nitrogens with one attached hydrogen (secondary N) is 1. The van der Waals surface area contributed by atoms with Gasteiger partial charge in [0, 0.05) is 38.7 Å². The van der Waals surface area contributed by atoms with Crippen LogP contribution in [-0.2, 0) is 22.5 Å². The van der Waals surface area contributed by atoms with Crippen LogP contribution in [-0.4, -0.2) is 30.7 Å². The molecule has 1 atom stereocenters. The van der Waals surface area contributed by atoms with E-state index in [2.05, 4.69) is 11.5 Å². The van der Waals surface area contributed by atoms with Crippen molar-refractivity contribution in [2.45, 2.75) is 38.3 Å². The van der Waals surface area contributed by atoms with Crippen molar-refractivity contribution in [3.05, 3.63) is 23.5 Å². The minimum Gasteiger partial charge on any atom is -0.385 e. The van der Waals surface area contributed by atoms with Gasteiger partial charge in [-0.2, -0.15) is 0 Å². The summed E-state index contributed by atoms with van der Waals surface area (Å²) >= 11 is 0. The van der Waals surface area contributed by atoms with Crippen LogP contribution in [0.1, 0.15) is 36.4 Å². The summed E-state index contributed by atoms with van der Waals surface area (Å²) in [5.74, 6) is 0.0389. The first-order valence-corrected chi connectivity index (χ1v) is 6.90. The van der Waals surface area contributed by atoms with E-state index in [4.69, 9.17) is 10.5 Å². The van der Waals surface area contributed by atoms with Crippen molar-refractivity contribution in [3.8, 4) is 0 Å². The maximum Gasteiger partial charge on any atom is 0.239 e. The van der Waals surface area contributed by atoms with Crippen LogP contribution in [0.2, 0.25) is 0 Å². The SMILES string of the molecule is COCCCNC(=O)Cn1cc2c(c1)C(N)CCC2. The van der Waals surface area contributed by atoms with Gasteiger partial charge >= 0.3 is 0 Å².